The summed E-state index contributed by atoms with van der Waals surface area (Å²) in [5, 5.41) is 4.62. The first-order valence-electron chi connectivity index (χ1n) is 9.72. The topological polar surface area (TPSA) is 52.7 Å². The third-order valence-electron chi connectivity index (χ3n) is 5.09. The number of nitrogens with one attached hydrogen (secondary N) is 1. The van der Waals surface area contributed by atoms with E-state index < -0.39 is 17.8 Å². The highest BCUT2D eigenvalue weighted by Gasteiger charge is 2.33. The number of hydrogen-bond acceptors (Lipinski definition) is 4. The number of anilines is 1. The molecule has 0 spiro atoms. The predicted molar refractivity (Wildman–Crippen MR) is 111 cm³/mol. The molecule has 0 aliphatic carbocycles. The molecule has 2 amide bonds. The number of carbonyl (C=O) groups is 2. The number of halogens is 3. The third-order valence-corrected chi connectivity index (χ3v) is 5.96. The Hall–Kier alpha value is -2.55. The average Bonchev–Trinajstić information content (AvgIpc) is 3.26. The Kier molecular flexibility index (Phi) is 6.70. The zero-order valence-corrected chi connectivity index (χ0v) is 17.6. The lowest BCUT2D eigenvalue weighted by atomic mass is 10.0. The SMILES string of the molecule is CC(C)C(NC(=O)c1cccs1)C(=O)N1CCN(c2cccc(C(F)(F)F)c2)CC1. The lowest BCUT2D eigenvalue weighted by molar-refractivity contribution is -0.137. The van der Waals surface area contributed by atoms with E-state index in [-0.39, 0.29) is 17.7 Å². The molecule has 1 aromatic heterocycles. The molecule has 0 saturated carbocycles. The second-order valence-electron chi connectivity index (χ2n) is 7.53. The van der Waals surface area contributed by atoms with E-state index in [2.05, 4.69) is 5.32 Å². The maximum Gasteiger partial charge on any atom is 0.416 e. The number of carbonyl (C=O) groups excluding carboxylic acids is 2. The van der Waals surface area contributed by atoms with Gasteiger partial charge in [-0.25, -0.2) is 0 Å². The number of thiophene rings is 1. The van der Waals surface area contributed by atoms with Crippen LogP contribution in [0.3, 0.4) is 0 Å². The quantitative estimate of drug-likeness (QED) is 0.770. The summed E-state index contributed by atoms with van der Waals surface area (Å²) in [4.78, 5) is 29.5. The number of benzene rings is 1. The highest BCUT2D eigenvalue weighted by Crippen LogP contribution is 2.32. The van der Waals surface area contributed by atoms with E-state index >= 15 is 0 Å². The molecule has 9 heteroatoms. The molecule has 3 rings (SSSR count). The third kappa shape index (κ3) is 5.13. The Morgan fingerprint density at radius 3 is 2.33 bits per heavy atom. The van der Waals surface area contributed by atoms with Crippen LogP contribution in [0.2, 0.25) is 0 Å². The van der Waals surface area contributed by atoms with Gasteiger partial charge in [0.1, 0.15) is 6.04 Å². The van der Waals surface area contributed by atoms with E-state index in [0.29, 0.717) is 36.7 Å². The highest BCUT2D eigenvalue weighted by molar-refractivity contribution is 7.12. The van der Waals surface area contributed by atoms with Crippen molar-refractivity contribution in [3.63, 3.8) is 0 Å². The molecular weight excluding hydrogens is 415 g/mol. The maximum absolute atomic E-state index is 13.0. The fourth-order valence-electron chi connectivity index (χ4n) is 3.39. The second-order valence-corrected chi connectivity index (χ2v) is 8.48. The molecule has 2 aromatic rings. The average molecular weight is 440 g/mol. The smallest absolute Gasteiger partial charge is 0.368 e. The number of amides is 2. The summed E-state index contributed by atoms with van der Waals surface area (Å²) in [6.07, 6.45) is -4.39. The zero-order valence-electron chi connectivity index (χ0n) is 16.8. The number of alkyl halides is 3. The summed E-state index contributed by atoms with van der Waals surface area (Å²) in [6, 6.07) is 8.05. The van der Waals surface area contributed by atoms with Crippen LogP contribution >= 0.6 is 11.3 Å². The summed E-state index contributed by atoms with van der Waals surface area (Å²) in [5.74, 6) is -0.541. The summed E-state index contributed by atoms with van der Waals surface area (Å²) in [6.45, 7) is 5.36. The van der Waals surface area contributed by atoms with Gasteiger partial charge in [-0.3, -0.25) is 9.59 Å². The Morgan fingerprint density at radius 2 is 1.77 bits per heavy atom. The molecule has 1 N–H and O–H groups in total. The Morgan fingerprint density at radius 1 is 1.07 bits per heavy atom. The van der Waals surface area contributed by atoms with Crippen LogP contribution in [0.5, 0.6) is 0 Å². The highest BCUT2D eigenvalue weighted by atomic mass is 32.1. The first-order chi connectivity index (χ1) is 14.2. The molecule has 1 atom stereocenters. The first-order valence-corrected chi connectivity index (χ1v) is 10.6. The van der Waals surface area contributed by atoms with Gasteiger partial charge < -0.3 is 15.1 Å². The standard InChI is InChI=1S/C21H24F3N3O2S/c1-14(2)18(25-19(28)17-7-4-12-30-17)20(29)27-10-8-26(9-11-27)16-6-3-5-15(13-16)21(22,23)24/h3-7,12-14,18H,8-11H2,1-2H3,(H,25,28). The van der Waals surface area contributed by atoms with Crippen molar-refractivity contribution in [2.24, 2.45) is 5.92 Å². The molecule has 1 aromatic carbocycles. The van der Waals surface area contributed by atoms with Crippen LogP contribution in [-0.2, 0) is 11.0 Å². The zero-order chi connectivity index (χ0) is 21.9. The van der Waals surface area contributed by atoms with E-state index in [1.807, 2.05) is 18.7 Å². The molecule has 2 heterocycles. The number of hydrogen-bond donors (Lipinski definition) is 1. The number of rotatable bonds is 5. The predicted octanol–water partition coefficient (Wildman–Crippen LogP) is 3.87. The van der Waals surface area contributed by atoms with Gasteiger partial charge in [-0.2, -0.15) is 13.2 Å². The molecule has 1 fully saturated rings. The first kappa shape index (κ1) is 22.1. The van der Waals surface area contributed by atoms with Crippen LogP contribution in [0, 0.1) is 5.92 Å². The minimum atomic E-state index is -4.39. The van der Waals surface area contributed by atoms with Crippen molar-refractivity contribution < 1.29 is 22.8 Å². The fourth-order valence-corrected chi connectivity index (χ4v) is 4.02. The molecular formula is C21H24F3N3O2S. The van der Waals surface area contributed by atoms with Crippen LogP contribution in [-0.4, -0.2) is 48.9 Å². The molecule has 1 saturated heterocycles. The van der Waals surface area contributed by atoms with Gasteiger partial charge in [-0.05, 0) is 35.6 Å². The van der Waals surface area contributed by atoms with Crippen molar-refractivity contribution in [1.29, 1.82) is 0 Å². The van der Waals surface area contributed by atoms with E-state index in [1.165, 1.54) is 17.4 Å². The van der Waals surface area contributed by atoms with Crippen LogP contribution in [0.1, 0.15) is 29.1 Å². The van der Waals surface area contributed by atoms with Gasteiger partial charge in [0.05, 0.1) is 10.4 Å². The van der Waals surface area contributed by atoms with E-state index in [1.54, 1.807) is 28.5 Å². The van der Waals surface area contributed by atoms with Crippen molar-refractivity contribution in [3.8, 4) is 0 Å². The van der Waals surface area contributed by atoms with E-state index in [4.69, 9.17) is 0 Å². The van der Waals surface area contributed by atoms with Gasteiger partial charge in [0, 0.05) is 31.9 Å². The lowest BCUT2D eigenvalue weighted by Crippen LogP contribution is -2.56. The van der Waals surface area contributed by atoms with Crippen LogP contribution in [0.25, 0.3) is 0 Å². The summed E-state index contributed by atoms with van der Waals surface area (Å²) < 4.78 is 38.9. The van der Waals surface area contributed by atoms with Crippen LogP contribution in [0.15, 0.2) is 41.8 Å². The van der Waals surface area contributed by atoms with Crippen molar-refractivity contribution >= 4 is 28.8 Å². The molecule has 1 aliphatic heterocycles. The van der Waals surface area contributed by atoms with E-state index in [9.17, 15) is 22.8 Å². The molecule has 30 heavy (non-hydrogen) atoms. The van der Waals surface area contributed by atoms with Gasteiger partial charge in [0.25, 0.3) is 5.91 Å². The van der Waals surface area contributed by atoms with Gasteiger partial charge in [-0.15, -0.1) is 11.3 Å². The second kappa shape index (κ2) is 9.07. The number of nitrogens with zero attached hydrogens (tertiary/aromatic N) is 2. The fraction of sp³-hybridized carbons (Fsp3) is 0.429. The molecule has 0 radical (unpaired) electrons. The lowest BCUT2D eigenvalue weighted by Gasteiger charge is -2.38. The monoisotopic (exact) mass is 439 g/mol. The van der Waals surface area contributed by atoms with Gasteiger partial charge in [0.15, 0.2) is 0 Å². The van der Waals surface area contributed by atoms with Gasteiger partial charge >= 0.3 is 6.18 Å². The van der Waals surface area contributed by atoms with Crippen LogP contribution < -0.4 is 10.2 Å². The maximum atomic E-state index is 13.0. The Balaban J connectivity index is 1.63. The summed E-state index contributed by atoms with van der Waals surface area (Å²) in [7, 11) is 0. The van der Waals surface area contributed by atoms with Gasteiger partial charge in [0.2, 0.25) is 5.91 Å². The Bertz CT molecular complexity index is 876. The van der Waals surface area contributed by atoms with Crippen LogP contribution in [0.4, 0.5) is 18.9 Å². The van der Waals surface area contributed by atoms with E-state index in [0.717, 1.165) is 12.1 Å². The van der Waals surface area contributed by atoms with Crippen molar-refractivity contribution in [2.75, 3.05) is 31.1 Å². The molecule has 1 aliphatic rings. The summed E-state index contributed by atoms with van der Waals surface area (Å²) >= 11 is 1.31. The largest absolute Gasteiger partial charge is 0.416 e. The van der Waals surface area contributed by atoms with Crippen molar-refractivity contribution in [2.45, 2.75) is 26.1 Å². The summed E-state index contributed by atoms with van der Waals surface area (Å²) in [5.41, 5.74) is -0.196. The Labute approximate surface area is 177 Å². The molecule has 162 valence electrons. The molecule has 5 nitrogen and oxygen atoms in total. The van der Waals surface area contributed by atoms with Gasteiger partial charge in [-0.1, -0.05) is 26.0 Å². The molecule has 1 unspecified atom stereocenters. The minimum Gasteiger partial charge on any atom is -0.368 e. The minimum absolute atomic E-state index is 0.0945. The number of piperazine rings is 1. The van der Waals surface area contributed by atoms with Crippen molar-refractivity contribution in [3.05, 3.63) is 52.2 Å². The normalized spacial score (nSPS) is 15.9. The molecule has 0 bridgehead atoms. The van der Waals surface area contributed by atoms with Crippen molar-refractivity contribution in [1.82, 2.24) is 10.2 Å².